The number of para-hydroxylation sites is 1. The van der Waals surface area contributed by atoms with E-state index >= 15 is 0 Å². The molecule has 2 N–H and O–H groups in total. The third-order valence-electron chi connectivity index (χ3n) is 4.99. The molecule has 29 heavy (non-hydrogen) atoms. The molecule has 0 aliphatic heterocycles. The average Bonchev–Trinajstić information content (AvgIpc) is 2.70. The molecule has 0 bridgehead atoms. The lowest BCUT2D eigenvalue weighted by Crippen LogP contribution is -2.49. The Kier molecular flexibility index (Phi) is 7.02. The minimum atomic E-state index is -4.40. The Morgan fingerprint density at radius 2 is 1.69 bits per heavy atom. The van der Waals surface area contributed by atoms with Gasteiger partial charge in [-0.05, 0) is 52.9 Å². The molecule has 156 valence electrons. The fourth-order valence-corrected chi connectivity index (χ4v) is 5.36. The fourth-order valence-electron chi connectivity index (χ4n) is 3.51. The lowest BCUT2D eigenvalue weighted by atomic mass is 9.84. The molecule has 1 amide bonds. The molecule has 2 aromatic rings. The first-order valence-corrected chi connectivity index (χ1v) is 11.6. The lowest BCUT2D eigenvalue weighted by Gasteiger charge is -2.30. The minimum absolute atomic E-state index is 0.178. The summed E-state index contributed by atoms with van der Waals surface area (Å²) in [6.07, 6.45) is 4.17. The van der Waals surface area contributed by atoms with Gasteiger partial charge in [0.2, 0.25) is 15.9 Å². The Hall–Kier alpha value is -1.84. The molecule has 1 fully saturated rings. The predicted octanol–water partition coefficient (Wildman–Crippen LogP) is 4.59. The summed E-state index contributed by atoms with van der Waals surface area (Å²) in [5.41, 5.74) is 0.535. The van der Waals surface area contributed by atoms with Crippen LogP contribution in [0.4, 0.5) is 14.5 Å². The second kappa shape index (κ2) is 9.32. The number of hydrogen-bond acceptors (Lipinski definition) is 3. The first-order chi connectivity index (χ1) is 13.8. The lowest BCUT2D eigenvalue weighted by molar-refractivity contribution is -0.119. The molecule has 0 spiro atoms. The van der Waals surface area contributed by atoms with Crippen LogP contribution in [-0.2, 0) is 14.8 Å². The van der Waals surface area contributed by atoms with Gasteiger partial charge < -0.3 is 5.32 Å². The molecule has 1 unspecified atom stereocenters. The number of benzene rings is 2. The van der Waals surface area contributed by atoms with Gasteiger partial charge in [-0.15, -0.1) is 0 Å². The van der Waals surface area contributed by atoms with Gasteiger partial charge in [0.25, 0.3) is 0 Å². The molecule has 1 aliphatic rings. The van der Waals surface area contributed by atoms with Crippen LogP contribution in [0.2, 0.25) is 0 Å². The number of carbonyl (C=O) groups excluding carboxylic acids is 1. The summed E-state index contributed by atoms with van der Waals surface area (Å²) in [6, 6.07) is 8.98. The minimum Gasteiger partial charge on any atom is -0.325 e. The maximum absolute atomic E-state index is 14.2. The maximum atomic E-state index is 14.2. The summed E-state index contributed by atoms with van der Waals surface area (Å²) in [5.74, 6) is -2.85. The Morgan fingerprint density at radius 1 is 1.03 bits per heavy atom. The fraction of sp³-hybridized carbons (Fsp3) is 0.350. The van der Waals surface area contributed by atoms with Gasteiger partial charge in [0, 0.05) is 11.8 Å². The number of anilines is 1. The Labute approximate surface area is 177 Å². The monoisotopic (exact) mass is 486 g/mol. The highest BCUT2D eigenvalue weighted by molar-refractivity contribution is 9.10. The number of halogens is 3. The van der Waals surface area contributed by atoms with Crippen molar-refractivity contribution in [1.29, 1.82) is 0 Å². The van der Waals surface area contributed by atoms with Crippen molar-refractivity contribution in [3.8, 4) is 0 Å². The second-order valence-electron chi connectivity index (χ2n) is 7.05. The van der Waals surface area contributed by atoms with Gasteiger partial charge in [-0.3, -0.25) is 4.79 Å². The maximum Gasteiger partial charge on any atom is 0.244 e. The van der Waals surface area contributed by atoms with Crippen LogP contribution in [0.1, 0.15) is 32.1 Å². The third kappa shape index (κ3) is 5.40. The molecular formula is C20H21BrF2N2O3S. The number of amides is 1. The molecule has 1 saturated carbocycles. The Bertz CT molecular complexity index is 981. The predicted molar refractivity (Wildman–Crippen MR) is 110 cm³/mol. The van der Waals surface area contributed by atoms with E-state index in [0.29, 0.717) is 24.6 Å². The van der Waals surface area contributed by atoms with Crippen LogP contribution >= 0.6 is 15.9 Å². The van der Waals surface area contributed by atoms with Gasteiger partial charge >= 0.3 is 0 Å². The normalized spacial score (nSPS) is 16.4. The van der Waals surface area contributed by atoms with Crippen molar-refractivity contribution in [1.82, 2.24) is 4.72 Å². The van der Waals surface area contributed by atoms with Crippen LogP contribution in [0.3, 0.4) is 0 Å². The van der Waals surface area contributed by atoms with E-state index in [4.69, 9.17) is 0 Å². The van der Waals surface area contributed by atoms with Gasteiger partial charge in [-0.2, -0.15) is 4.72 Å². The van der Waals surface area contributed by atoms with Crippen LogP contribution in [0.25, 0.3) is 0 Å². The molecule has 0 heterocycles. The molecule has 3 rings (SSSR count). The van der Waals surface area contributed by atoms with Gasteiger partial charge in [-0.1, -0.05) is 37.5 Å². The molecule has 1 aliphatic carbocycles. The first-order valence-electron chi connectivity index (χ1n) is 9.31. The van der Waals surface area contributed by atoms with E-state index < -0.39 is 38.5 Å². The van der Waals surface area contributed by atoms with Crippen molar-refractivity contribution in [2.24, 2.45) is 5.92 Å². The Morgan fingerprint density at radius 3 is 2.34 bits per heavy atom. The van der Waals surface area contributed by atoms with Gasteiger partial charge in [-0.25, -0.2) is 17.2 Å². The van der Waals surface area contributed by atoms with Crippen molar-refractivity contribution in [2.45, 2.75) is 43.0 Å². The van der Waals surface area contributed by atoms with Crippen LogP contribution in [0.15, 0.2) is 51.8 Å². The second-order valence-corrected chi connectivity index (χ2v) is 9.59. The topological polar surface area (TPSA) is 75.3 Å². The molecule has 1 atom stereocenters. The zero-order valence-corrected chi connectivity index (χ0v) is 17.9. The molecule has 0 aromatic heterocycles. The van der Waals surface area contributed by atoms with E-state index in [0.717, 1.165) is 25.3 Å². The van der Waals surface area contributed by atoms with Gasteiger partial charge in [0.05, 0.1) is 4.47 Å². The first kappa shape index (κ1) is 21.9. The van der Waals surface area contributed by atoms with Gasteiger partial charge in [0.15, 0.2) is 0 Å². The molecular weight excluding hydrogens is 466 g/mol. The van der Waals surface area contributed by atoms with Crippen molar-refractivity contribution in [3.63, 3.8) is 0 Å². The molecule has 0 saturated heterocycles. The van der Waals surface area contributed by atoms with Crippen LogP contribution in [0, 0.1) is 17.6 Å². The van der Waals surface area contributed by atoms with E-state index in [1.165, 1.54) is 0 Å². The van der Waals surface area contributed by atoms with E-state index in [1.54, 1.807) is 30.3 Å². The number of rotatable bonds is 6. The zero-order valence-electron chi connectivity index (χ0n) is 15.5. The van der Waals surface area contributed by atoms with E-state index in [9.17, 15) is 22.0 Å². The summed E-state index contributed by atoms with van der Waals surface area (Å²) < 4.78 is 55.6. The Balaban J connectivity index is 1.89. The van der Waals surface area contributed by atoms with Crippen molar-refractivity contribution in [2.75, 3.05) is 5.32 Å². The summed E-state index contributed by atoms with van der Waals surface area (Å²) in [7, 11) is -4.40. The van der Waals surface area contributed by atoms with E-state index in [1.807, 2.05) is 0 Å². The smallest absolute Gasteiger partial charge is 0.244 e. The number of hydrogen-bond donors (Lipinski definition) is 2. The van der Waals surface area contributed by atoms with Crippen LogP contribution in [0.5, 0.6) is 0 Å². The quantitative estimate of drug-likeness (QED) is 0.586. The van der Waals surface area contributed by atoms with Crippen molar-refractivity contribution >= 4 is 37.5 Å². The summed E-state index contributed by atoms with van der Waals surface area (Å²) in [5, 5.41) is 2.72. The summed E-state index contributed by atoms with van der Waals surface area (Å²) >= 11 is 2.88. The standard InChI is InChI=1S/C20H21BrF2N2O3S/c21-15-11-18(17(23)12-16(15)22)29(27,28)25-19(13-7-3-1-4-8-13)20(26)24-14-9-5-2-6-10-14/h2,5-6,9-13,19,25H,1,3-4,7-8H2,(H,24,26). The van der Waals surface area contributed by atoms with E-state index in [-0.39, 0.29) is 10.4 Å². The number of nitrogens with one attached hydrogen (secondary N) is 2. The summed E-state index contributed by atoms with van der Waals surface area (Å²) in [6.45, 7) is 0. The third-order valence-corrected chi connectivity index (χ3v) is 7.06. The number of sulfonamides is 1. The zero-order chi connectivity index (χ0) is 21.0. The molecule has 5 nitrogen and oxygen atoms in total. The largest absolute Gasteiger partial charge is 0.325 e. The molecule has 2 aromatic carbocycles. The summed E-state index contributed by atoms with van der Waals surface area (Å²) in [4.78, 5) is 12.2. The average molecular weight is 487 g/mol. The molecule has 0 radical (unpaired) electrons. The number of carbonyl (C=O) groups is 1. The van der Waals surface area contributed by atoms with Crippen molar-refractivity contribution < 1.29 is 22.0 Å². The highest BCUT2D eigenvalue weighted by Crippen LogP contribution is 2.29. The van der Waals surface area contributed by atoms with Crippen LogP contribution in [-0.4, -0.2) is 20.4 Å². The van der Waals surface area contributed by atoms with Crippen LogP contribution < -0.4 is 10.0 Å². The van der Waals surface area contributed by atoms with Gasteiger partial charge in [0.1, 0.15) is 22.6 Å². The van der Waals surface area contributed by atoms with E-state index in [2.05, 4.69) is 26.0 Å². The SMILES string of the molecule is O=C(Nc1ccccc1)C(NS(=O)(=O)c1cc(Br)c(F)cc1F)C1CCCCC1. The van der Waals surface area contributed by atoms with Crippen molar-refractivity contribution in [3.05, 3.63) is 58.6 Å². The highest BCUT2D eigenvalue weighted by Gasteiger charge is 2.35. The molecule has 9 heteroatoms. The highest BCUT2D eigenvalue weighted by atomic mass is 79.9.